The van der Waals surface area contributed by atoms with Crippen molar-refractivity contribution in [2.24, 2.45) is 0 Å². The molecular weight excluding hydrogens is 422 g/mol. The van der Waals surface area contributed by atoms with Gasteiger partial charge in [0.15, 0.2) is 0 Å². The lowest BCUT2D eigenvalue weighted by molar-refractivity contribution is 0.0232. The summed E-state index contributed by atoms with van der Waals surface area (Å²) in [5.41, 5.74) is 0.273. The molecular formula is C22H26ClN3O5. The molecule has 0 spiro atoms. The molecule has 0 bridgehead atoms. The van der Waals surface area contributed by atoms with E-state index in [0.29, 0.717) is 17.0 Å². The molecule has 8 nitrogen and oxygen atoms in total. The minimum atomic E-state index is -0.737. The molecule has 0 atom stereocenters. The fourth-order valence-electron chi connectivity index (χ4n) is 3.23. The second-order valence-electron chi connectivity index (χ2n) is 9.26. The van der Waals surface area contributed by atoms with Crippen molar-refractivity contribution in [2.75, 3.05) is 6.54 Å². The SMILES string of the molecule is CC(C)(C)OC(=O)N1CCc2c(cc(-c3ccnc(Cl)c3)n2C(=O)OC(C)(C)C)C1=O. The maximum atomic E-state index is 13.1. The highest BCUT2D eigenvalue weighted by Gasteiger charge is 2.37. The van der Waals surface area contributed by atoms with Crippen LogP contribution in [0.1, 0.15) is 57.6 Å². The van der Waals surface area contributed by atoms with E-state index in [9.17, 15) is 14.4 Å². The second-order valence-corrected chi connectivity index (χ2v) is 9.65. The van der Waals surface area contributed by atoms with Gasteiger partial charge in [-0.3, -0.25) is 4.79 Å². The van der Waals surface area contributed by atoms with E-state index in [0.717, 1.165) is 4.90 Å². The van der Waals surface area contributed by atoms with Crippen LogP contribution >= 0.6 is 11.6 Å². The summed E-state index contributed by atoms with van der Waals surface area (Å²) < 4.78 is 12.3. The van der Waals surface area contributed by atoms with E-state index in [1.807, 2.05) is 0 Å². The van der Waals surface area contributed by atoms with Crippen molar-refractivity contribution in [2.45, 2.75) is 59.2 Å². The number of fused-ring (bicyclic) bond motifs is 1. The molecule has 3 rings (SSSR count). The lowest BCUT2D eigenvalue weighted by Crippen LogP contribution is -2.45. The van der Waals surface area contributed by atoms with Gasteiger partial charge >= 0.3 is 12.2 Å². The molecule has 0 aromatic carbocycles. The predicted octanol–water partition coefficient (Wildman–Crippen LogP) is 4.92. The van der Waals surface area contributed by atoms with Crippen LogP contribution in [-0.2, 0) is 15.9 Å². The molecule has 0 fully saturated rings. The number of amides is 2. The van der Waals surface area contributed by atoms with Gasteiger partial charge in [-0.1, -0.05) is 11.6 Å². The zero-order valence-corrected chi connectivity index (χ0v) is 19.2. The summed E-state index contributed by atoms with van der Waals surface area (Å²) in [6.45, 7) is 10.6. The van der Waals surface area contributed by atoms with Crippen molar-refractivity contribution in [3.05, 3.63) is 40.8 Å². The molecule has 1 aliphatic heterocycles. The standard InChI is InChI=1S/C22H26ClN3O5/c1-21(2,3)30-19(28)25-10-8-15-14(18(25)27)12-16(13-7-9-24-17(23)11-13)26(15)20(29)31-22(4,5)6/h7,9,11-12H,8,10H2,1-6H3. The van der Waals surface area contributed by atoms with E-state index in [-0.39, 0.29) is 23.7 Å². The Labute approximate surface area is 186 Å². The monoisotopic (exact) mass is 447 g/mol. The Balaban J connectivity index is 2.09. The third-order valence-electron chi connectivity index (χ3n) is 4.36. The first-order chi connectivity index (χ1) is 14.3. The summed E-state index contributed by atoms with van der Waals surface area (Å²) in [6.07, 6.45) is 0.452. The molecule has 0 N–H and O–H groups in total. The van der Waals surface area contributed by atoms with Gasteiger partial charge < -0.3 is 9.47 Å². The van der Waals surface area contributed by atoms with Crippen molar-refractivity contribution in [3.63, 3.8) is 0 Å². The van der Waals surface area contributed by atoms with E-state index in [4.69, 9.17) is 21.1 Å². The number of halogens is 1. The van der Waals surface area contributed by atoms with E-state index in [1.165, 1.54) is 10.8 Å². The highest BCUT2D eigenvalue weighted by molar-refractivity contribution is 6.29. The van der Waals surface area contributed by atoms with Crippen LogP contribution in [0.25, 0.3) is 11.3 Å². The molecule has 9 heteroatoms. The number of aromatic nitrogens is 2. The highest BCUT2D eigenvalue weighted by Crippen LogP contribution is 2.32. The maximum absolute atomic E-state index is 13.1. The summed E-state index contributed by atoms with van der Waals surface area (Å²) >= 11 is 6.04. The molecule has 1 aliphatic rings. The first kappa shape index (κ1) is 22.8. The van der Waals surface area contributed by atoms with Crippen LogP contribution in [0, 0.1) is 0 Å². The minimum absolute atomic E-state index is 0.0874. The van der Waals surface area contributed by atoms with Crippen LogP contribution in [0.15, 0.2) is 24.4 Å². The lowest BCUT2D eigenvalue weighted by Gasteiger charge is -2.29. The molecule has 2 aromatic heterocycles. The molecule has 2 aromatic rings. The van der Waals surface area contributed by atoms with Crippen molar-refractivity contribution in [1.82, 2.24) is 14.5 Å². The molecule has 0 aliphatic carbocycles. The second kappa shape index (κ2) is 8.00. The quantitative estimate of drug-likeness (QED) is 0.576. The molecule has 3 heterocycles. The first-order valence-corrected chi connectivity index (χ1v) is 10.3. The summed E-state index contributed by atoms with van der Waals surface area (Å²) in [4.78, 5) is 43.7. The maximum Gasteiger partial charge on any atom is 0.419 e. The number of nitrogens with zero attached hydrogens (tertiary/aromatic N) is 3. The molecule has 166 valence electrons. The third-order valence-corrected chi connectivity index (χ3v) is 4.57. The zero-order chi connectivity index (χ0) is 23.1. The Morgan fingerprint density at radius 3 is 2.23 bits per heavy atom. The van der Waals surface area contributed by atoms with Crippen LogP contribution in [-0.4, -0.2) is 50.3 Å². The zero-order valence-electron chi connectivity index (χ0n) is 18.5. The average molecular weight is 448 g/mol. The average Bonchev–Trinajstić information content (AvgIpc) is 2.99. The van der Waals surface area contributed by atoms with Crippen LogP contribution < -0.4 is 0 Å². The summed E-state index contributed by atoms with van der Waals surface area (Å²) in [5.74, 6) is -0.529. The number of carbonyl (C=O) groups is 3. The topological polar surface area (TPSA) is 90.7 Å². The fraction of sp³-hybridized carbons (Fsp3) is 0.455. The van der Waals surface area contributed by atoms with Gasteiger partial charge in [0.05, 0.1) is 11.3 Å². The Morgan fingerprint density at radius 1 is 1.03 bits per heavy atom. The molecule has 0 saturated carbocycles. The van der Waals surface area contributed by atoms with Gasteiger partial charge in [0.1, 0.15) is 16.4 Å². The molecule has 0 saturated heterocycles. The summed E-state index contributed by atoms with van der Waals surface area (Å²) in [7, 11) is 0. The summed E-state index contributed by atoms with van der Waals surface area (Å²) in [6, 6.07) is 4.85. The Hall–Kier alpha value is -2.87. The van der Waals surface area contributed by atoms with Gasteiger partial charge in [0.2, 0.25) is 0 Å². The number of pyridine rings is 1. The number of imide groups is 1. The third kappa shape index (κ3) is 5.07. The molecule has 2 amide bonds. The van der Waals surface area contributed by atoms with E-state index in [1.54, 1.807) is 59.7 Å². The van der Waals surface area contributed by atoms with Crippen molar-refractivity contribution >= 4 is 29.7 Å². The molecule has 0 radical (unpaired) electrons. The van der Waals surface area contributed by atoms with Crippen molar-refractivity contribution < 1.29 is 23.9 Å². The smallest absolute Gasteiger partial charge is 0.419 e. The number of hydrogen-bond donors (Lipinski definition) is 0. The van der Waals surface area contributed by atoms with Gasteiger partial charge in [0, 0.05) is 30.4 Å². The van der Waals surface area contributed by atoms with Gasteiger partial charge in [-0.2, -0.15) is 0 Å². The largest absolute Gasteiger partial charge is 0.443 e. The van der Waals surface area contributed by atoms with Crippen LogP contribution in [0.3, 0.4) is 0 Å². The van der Waals surface area contributed by atoms with Crippen LogP contribution in [0.2, 0.25) is 5.15 Å². The number of carbonyl (C=O) groups excluding carboxylic acids is 3. The van der Waals surface area contributed by atoms with E-state index < -0.39 is 29.3 Å². The summed E-state index contributed by atoms with van der Waals surface area (Å²) in [5, 5.41) is 0.245. The van der Waals surface area contributed by atoms with Crippen molar-refractivity contribution in [3.8, 4) is 11.3 Å². The molecule has 31 heavy (non-hydrogen) atoms. The lowest BCUT2D eigenvalue weighted by atomic mass is 10.1. The fourth-order valence-corrected chi connectivity index (χ4v) is 3.40. The van der Waals surface area contributed by atoms with Gasteiger partial charge in [-0.25, -0.2) is 24.0 Å². The highest BCUT2D eigenvalue weighted by atomic mass is 35.5. The van der Waals surface area contributed by atoms with Gasteiger partial charge in [-0.05, 0) is 59.7 Å². The Kier molecular flexibility index (Phi) is 5.88. The minimum Gasteiger partial charge on any atom is -0.443 e. The van der Waals surface area contributed by atoms with Gasteiger partial charge in [-0.15, -0.1) is 0 Å². The molecule has 0 unspecified atom stereocenters. The van der Waals surface area contributed by atoms with Gasteiger partial charge in [0.25, 0.3) is 5.91 Å². The van der Waals surface area contributed by atoms with E-state index in [2.05, 4.69) is 4.98 Å². The Morgan fingerprint density at radius 2 is 1.65 bits per heavy atom. The van der Waals surface area contributed by atoms with Crippen LogP contribution in [0.5, 0.6) is 0 Å². The normalized spacial score (nSPS) is 14.3. The van der Waals surface area contributed by atoms with Crippen molar-refractivity contribution in [1.29, 1.82) is 0 Å². The van der Waals surface area contributed by atoms with E-state index >= 15 is 0 Å². The number of ether oxygens (including phenoxy) is 2. The predicted molar refractivity (Wildman–Crippen MR) is 115 cm³/mol. The van der Waals surface area contributed by atoms with Crippen LogP contribution in [0.4, 0.5) is 9.59 Å². The first-order valence-electron chi connectivity index (χ1n) is 9.91. The number of rotatable bonds is 1. The Bertz CT molecular complexity index is 1050. The number of hydrogen-bond acceptors (Lipinski definition) is 6.